The Labute approximate surface area is 100 Å². The SMILES string of the molecule is CC(C)n1ccc(CNCc2cccs2)n1. The Kier molecular flexibility index (Phi) is 3.74. The van der Waals surface area contributed by atoms with Gasteiger partial charge in [-0.3, -0.25) is 4.68 Å². The van der Waals surface area contributed by atoms with Crippen LogP contribution in [0.1, 0.15) is 30.5 Å². The van der Waals surface area contributed by atoms with Crippen LogP contribution in [0, 0.1) is 0 Å². The van der Waals surface area contributed by atoms with Crippen molar-refractivity contribution in [2.75, 3.05) is 0 Å². The van der Waals surface area contributed by atoms with Crippen LogP contribution >= 0.6 is 11.3 Å². The van der Waals surface area contributed by atoms with Crippen molar-refractivity contribution in [3.63, 3.8) is 0 Å². The standard InChI is InChI=1S/C12H17N3S/c1-10(2)15-6-5-11(14-15)8-13-9-12-4-3-7-16-12/h3-7,10,13H,8-9H2,1-2H3. The van der Waals surface area contributed by atoms with Gasteiger partial charge in [0.05, 0.1) is 5.69 Å². The Balaban J connectivity index is 1.81. The smallest absolute Gasteiger partial charge is 0.0762 e. The third kappa shape index (κ3) is 2.93. The minimum Gasteiger partial charge on any atom is -0.306 e. The summed E-state index contributed by atoms with van der Waals surface area (Å²) in [5.74, 6) is 0. The molecule has 2 aromatic rings. The quantitative estimate of drug-likeness (QED) is 0.863. The van der Waals surface area contributed by atoms with Crippen LogP contribution < -0.4 is 5.32 Å². The van der Waals surface area contributed by atoms with Crippen LogP contribution in [-0.4, -0.2) is 9.78 Å². The lowest BCUT2D eigenvalue weighted by molar-refractivity contribution is 0.521. The van der Waals surface area contributed by atoms with Crippen LogP contribution in [0.5, 0.6) is 0 Å². The summed E-state index contributed by atoms with van der Waals surface area (Å²) in [5.41, 5.74) is 1.10. The lowest BCUT2D eigenvalue weighted by Gasteiger charge is -2.04. The summed E-state index contributed by atoms with van der Waals surface area (Å²) >= 11 is 1.78. The van der Waals surface area contributed by atoms with Gasteiger partial charge in [-0.05, 0) is 31.4 Å². The molecule has 0 unspecified atom stereocenters. The van der Waals surface area contributed by atoms with Crippen LogP contribution in [0.25, 0.3) is 0 Å². The van der Waals surface area contributed by atoms with Crippen molar-refractivity contribution < 1.29 is 0 Å². The number of hydrogen-bond acceptors (Lipinski definition) is 3. The number of hydrogen-bond donors (Lipinski definition) is 1. The van der Waals surface area contributed by atoms with Crippen molar-refractivity contribution in [1.29, 1.82) is 0 Å². The van der Waals surface area contributed by atoms with Crippen molar-refractivity contribution in [3.8, 4) is 0 Å². The highest BCUT2D eigenvalue weighted by Gasteiger charge is 2.01. The van der Waals surface area contributed by atoms with E-state index in [0.717, 1.165) is 18.8 Å². The molecule has 0 amide bonds. The molecule has 0 saturated heterocycles. The summed E-state index contributed by atoms with van der Waals surface area (Å²) < 4.78 is 1.99. The number of aromatic nitrogens is 2. The molecule has 0 aromatic carbocycles. The Bertz CT molecular complexity index is 417. The highest BCUT2D eigenvalue weighted by molar-refractivity contribution is 7.09. The second-order valence-corrected chi connectivity index (χ2v) is 5.10. The number of thiophene rings is 1. The highest BCUT2D eigenvalue weighted by atomic mass is 32.1. The second-order valence-electron chi connectivity index (χ2n) is 4.06. The molecular formula is C12H17N3S. The first-order valence-electron chi connectivity index (χ1n) is 5.53. The molecule has 86 valence electrons. The van der Waals surface area contributed by atoms with Crippen molar-refractivity contribution in [2.24, 2.45) is 0 Å². The molecule has 2 heterocycles. The van der Waals surface area contributed by atoms with Crippen molar-refractivity contribution in [1.82, 2.24) is 15.1 Å². The first-order chi connectivity index (χ1) is 7.75. The molecule has 2 rings (SSSR count). The van der Waals surface area contributed by atoms with Gasteiger partial charge < -0.3 is 5.32 Å². The third-order valence-electron chi connectivity index (χ3n) is 2.38. The topological polar surface area (TPSA) is 29.9 Å². The molecule has 16 heavy (non-hydrogen) atoms. The maximum atomic E-state index is 4.49. The highest BCUT2D eigenvalue weighted by Crippen LogP contribution is 2.08. The summed E-state index contributed by atoms with van der Waals surface area (Å²) in [4.78, 5) is 1.36. The molecular weight excluding hydrogens is 218 g/mol. The van der Waals surface area contributed by atoms with Gasteiger partial charge in [0.25, 0.3) is 0 Å². The molecule has 0 atom stereocenters. The summed E-state index contributed by atoms with van der Waals surface area (Å²) in [6, 6.07) is 6.73. The molecule has 0 aliphatic rings. The van der Waals surface area contributed by atoms with E-state index in [-0.39, 0.29) is 0 Å². The van der Waals surface area contributed by atoms with Crippen LogP contribution in [0.2, 0.25) is 0 Å². The van der Waals surface area contributed by atoms with Gasteiger partial charge in [0.15, 0.2) is 0 Å². The lowest BCUT2D eigenvalue weighted by atomic mass is 10.4. The summed E-state index contributed by atoms with van der Waals surface area (Å²) in [6.07, 6.45) is 2.03. The minimum absolute atomic E-state index is 0.436. The van der Waals surface area contributed by atoms with Crippen LogP contribution in [0.3, 0.4) is 0 Å². The van der Waals surface area contributed by atoms with Gasteiger partial charge in [-0.25, -0.2) is 0 Å². The van der Waals surface area contributed by atoms with Crippen molar-refractivity contribution in [3.05, 3.63) is 40.3 Å². The zero-order valence-electron chi connectivity index (χ0n) is 9.68. The first kappa shape index (κ1) is 11.4. The number of nitrogens with zero attached hydrogens (tertiary/aromatic N) is 2. The normalized spacial score (nSPS) is 11.2. The fourth-order valence-electron chi connectivity index (χ4n) is 1.49. The van der Waals surface area contributed by atoms with E-state index >= 15 is 0 Å². The zero-order chi connectivity index (χ0) is 11.4. The molecule has 3 nitrogen and oxygen atoms in total. The maximum Gasteiger partial charge on any atom is 0.0762 e. The Morgan fingerprint density at radius 3 is 2.88 bits per heavy atom. The van der Waals surface area contributed by atoms with Crippen LogP contribution in [-0.2, 0) is 13.1 Å². The van der Waals surface area contributed by atoms with E-state index in [4.69, 9.17) is 0 Å². The van der Waals surface area contributed by atoms with Gasteiger partial charge in [0.2, 0.25) is 0 Å². The summed E-state index contributed by atoms with van der Waals surface area (Å²) in [7, 11) is 0. The summed E-state index contributed by atoms with van der Waals surface area (Å²) in [5, 5.41) is 9.98. The molecule has 0 radical (unpaired) electrons. The van der Waals surface area contributed by atoms with Crippen molar-refractivity contribution >= 4 is 11.3 Å². The average molecular weight is 235 g/mol. The van der Waals surface area contributed by atoms with E-state index < -0.39 is 0 Å². The van der Waals surface area contributed by atoms with E-state index in [2.05, 4.69) is 47.8 Å². The largest absolute Gasteiger partial charge is 0.306 e. The zero-order valence-corrected chi connectivity index (χ0v) is 10.5. The van der Waals surface area contributed by atoms with Gasteiger partial charge in [-0.2, -0.15) is 5.10 Å². The molecule has 0 saturated carbocycles. The fourth-order valence-corrected chi connectivity index (χ4v) is 2.16. The third-order valence-corrected chi connectivity index (χ3v) is 3.25. The number of nitrogens with one attached hydrogen (secondary N) is 1. The van der Waals surface area contributed by atoms with Gasteiger partial charge in [0, 0.05) is 30.2 Å². The van der Waals surface area contributed by atoms with E-state index in [9.17, 15) is 0 Å². The van der Waals surface area contributed by atoms with Gasteiger partial charge in [0.1, 0.15) is 0 Å². The Hall–Kier alpha value is -1.13. The van der Waals surface area contributed by atoms with Gasteiger partial charge >= 0.3 is 0 Å². The van der Waals surface area contributed by atoms with E-state index in [0.29, 0.717) is 6.04 Å². The molecule has 0 spiro atoms. The molecule has 2 aromatic heterocycles. The van der Waals surface area contributed by atoms with Crippen LogP contribution in [0.4, 0.5) is 0 Å². The van der Waals surface area contributed by atoms with Gasteiger partial charge in [-0.1, -0.05) is 6.07 Å². The Morgan fingerprint density at radius 1 is 1.38 bits per heavy atom. The van der Waals surface area contributed by atoms with Crippen molar-refractivity contribution in [2.45, 2.75) is 33.0 Å². The average Bonchev–Trinajstić information content (AvgIpc) is 2.87. The molecule has 0 bridgehead atoms. The predicted octanol–water partition coefficient (Wildman–Crippen LogP) is 2.82. The minimum atomic E-state index is 0.436. The second kappa shape index (κ2) is 5.27. The van der Waals surface area contributed by atoms with E-state index in [1.807, 2.05) is 10.9 Å². The molecule has 0 aliphatic carbocycles. The monoisotopic (exact) mass is 235 g/mol. The number of rotatable bonds is 5. The fraction of sp³-hybridized carbons (Fsp3) is 0.417. The lowest BCUT2D eigenvalue weighted by Crippen LogP contribution is -2.12. The Morgan fingerprint density at radius 2 is 2.25 bits per heavy atom. The molecule has 0 aliphatic heterocycles. The molecule has 4 heteroatoms. The maximum absolute atomic E-state index is 4.49. The van der Waals surface area contributed by atoms with Gasteiger partial charge in [-0.15, -0.1) is 11.3 Å². The first-order valence-corrected chi connectivity index (χ1v) is 6.41. The molecule has 0 fully saturated rings. The van der Waals surface area contributed by atoms with E-state index in [1.54, 1.807) is 11.3 Å². The predicted molar refractivity (Wildman–Crippen MR) is 67.5 cm³/mol. The van der Waals surface area contributed by atoms with E-state index in [1.165, 1.54) is 4.88 Å². The summed E-state index contributed by atoms with van der Waals surface area (Å²) in [6.45, 7) is 6.02. The van der Waals surface area contributed by atoms with Crippen LogP contribution in [0.15, 0.2) is 29.8 Å². The molecule has 1 N–H and O–H groups in total.